The van der Waals surface area contributed by atoms with Crippen LogP contribution in [-0.2, 0) is 0 Å². The second kappa shape index (κ2) is 5.58. The van der Waals surface area contributed by atoms with E-state index in [-0.39, 0.29) is 5.02 Å². The van der Waals surface area contributed by atoms with Crippen LogP contribution in [0.15, 0.2) is 23.1 Å². The van der Waals surface area contributed by atoms with Gasteiger partial charge >= 0.3 is 0 Å². The lowest BCUT2D eigenvalue weighted by Gasteiger charge is -2.25. The summed E-state index contributed by atoms with van der Waals surface area (Å²) in [5, 5.41) is 3.53. The van der Waals surface area contributed by atoms with Gasteiger partial charge in [0.15, 0.2) is 5.82 Å². The molecule has 0 bridgehead atoms. The zero-order valence-electron chi connectivity index (χ0n) is 12.2. The van der Waals surface area contributed by atoms with Gasteiger partial charge in [-0.1, -0.05) is 11.6 Å². The number of fused-ring (bicyclic) bond motifs is 1. The molecule has 2 fully saturated rings. The maximum atomic E-state index is 13.3. The van der Waals surface area contributed by atoms with E-state index in [2.05, 4.69) is 25.2 Å². The van der Waals surface area contributed by atoms with Crippen molar-refractivity contribution in [3.05, 3.63) is 39.7 Å². The summed E-state index contributed by atoms with van der Waals surface area (Å²) >= 11 is 6.20. The molecule has 0 spiro atoms. The van der Waals surface area contributed by atoms with Crippen molar-refractivity contribution in [3.8, 4) is 11.4 Å². The molecule has 4 heterocycles. The number of pyridine rings is 1. The SMILES string of the molecule is O=c1[nH]c(-c2ccnc(F)c2)nc(N2CCC3NCCC32)c1Cl. The molecule has 2 unspecified atom stereocenters. The first-order chi connectivity index (χ1) is 11.1. The highest BCUT2D eigenvalue weighted by atomic mass is 35.5. The highest BCUT2D eigenvalue weighted by Gasteiger charge is 2.39. The summed E-state index contributed by atoms with van der Waals surface area (Å²) in [7, 11) is 0. The lowest BCUT2D eigenvalue weighted by Crippen LogP contribution is -2.35. The quantitative estimate of drug-likeness (QED) is 0.815. The van der Waals surface area contributed by atoms with E-state index in [0.717, 1.165) is 25.9 Å². The molecule has 2 aromatic rings. The van der Waals surface area contributed by atoms with E-state index < -0.39 is 11.5 Å². The zero-order valence-corrected chi connectivity index (χ0v) is 13.0. The Balaban J connectivity index is 1.79. The average molecular weight is 336 g/mol. The van der Waals surface area contributed by atoms with Crippen molar-refractivity contribution in [1.82, 2.24) is 20.3 Å². The molecule has 120 valence electrons. The van der Waals surface area contributed by atoms with Gasteiger partial charge in [0.1, 0.15) is 10.8 Å². The highest BCUT2D eigenvalue weighted by Crippen LogP contribution is 2.33. The van der Waals surface area contributed by atoms with E-state index in [0.29, 0.717) is 29.3 Å². The summed E-state index contributed by atoms with van der Waals surface area (Å²) in [5.41, 5.74) is 0.0473. The van der Waals surface area contributed by atoms with Gasteiger partial charge < -0.3 is 15.2 Å². The number of anilines is 1. The first-order valence-corrected chi connectivity index (χ1v) is 7.93. The summed E-state index contributed by atoms with van der Waals surface area (Å²) in [6.07, 6.45) is 3.33. The number of hydrogen-bond acceptors (Lipinski definition) is 5. The standard InChI is InChI=1S/C15H15ClFN5O/c16-12-14(22-6-3-9-10(22)2-5-18-9)20-13(21-15(12)23)8-1-4-19-11(17)7-8/h1,4,7,9-10,18H,2-3,5-6H2,(H,20,21,23). The van der Waals surface area contributed by atoms with Crippen molar-refractivity contribution in [2.75, 3.05) is 18.0 Å². The minimum absolute atomic E-state index is 0.0795. The lowest BCUT2D eigenvalue weighted by molar-refractivity contribution is 0.584. The normalized spacial score (nSPS) is 23.3. The molecule has 0 aromatic carbocycles. The fourth-order valence-corrected chi connectivity index (χ4v) is 3.65. The molecule has 2 aromatic heterocycles. The summed E-state index contributed by atoms with van der Waals surface area (Å²) in [5.74, 6) is 0.145. The molecule has 0 amide bonds. The lowest BCUT2D eigenvalue weighted by atomic mass is 10.1. The third-order valence-electron chi connectivity index (χ3n) is 4.51. The van der Waals surface area contributed by atoms with Crippen molar-refractivity contribution in [1.29, 1.82) is 0 Å². The molecule has 2 saturated heterocycles. The van der Waals surface area contributed by atoms with Gasteiger partial charge in [-0.25, -0.2) is 9.97 Å². The molecule has 2 aliphatic heterocycles. The molecule has 0 saturated carbocycles. The van der Waals surface area contributed by atoms with Gasteiger partial charge in [0.25, 0.3) is 5.56 Å². The monoisotopic (exact) mass is 335 g/mol. The van der Waals surface area contributed by atoms with Gasteiger partial charge in [0.05, 0.1) is 0 Å². The Kier molecular flexibility index (Phi) is 3.54. The zero-order chi connectivity index (χ0) is 16.0. The molecule has 2 aliphatic rings. The minimum Gasteiger partial charge on any atom is -0.350 e. The van der Waals surface area contributed by atoms with Crippen LogP contribution in [0.1, 0.15) is 12.8 Å². The minimum atomic E-state index is -0.622. The third kappa shape index (κ3) is 2.49. The molecular formula is C15H15ClFN5O. The van der Waals surface area contributed by atoms with Crippen molar-refractivity contribution in [3.63, 3.8) is 0 Å². The number of aromatic amines is 1. The molecule has 6 nitrogen and oxygen atoms in total. The highest BCUT2D eigenvalue weighted by molar-refractivity contribution is 6.32. The molecule has 8 heteroatoms. The number of rotatable bonds is 2. The van der Waals surface area contributed by atoms with Crippen LogP contribution in [0.2, 0.25) is 5.02 Å². The van der Waals surface area contributed by atoms with Gasteiger partial charge in [-0.2, -0.15) is 4.39 Å². The molecule has 0 radical (unpaired) electrons. The first-order valence-electron chi connectivity index (χ1n) is 7.55. The maximum absolute atomic E-state index is 13.3. The van der Waals surface area contributed by atoms with Crippen molar-refractivity contribution < 1.29 is 4.39 Å². The Morgan fingerprint density at radius 1 is 1.39 bits per heavy atom. The maximum Gasteiger partial charge on any atom is 0.272 e. The van der Waals surface area contributed by atoms with Crippen LogP contribution in [0.25, 0.3) is 11.4 Å². The number of halogens is 2. The van der Waals surface area contributed by atoms with E-state index in [1.165, 1.54) is 12.3 Å². The molecule has 2 atom stereocenters. The topological polar surface area (TPSA) is 73.9 Å². The van der Waals surface area contributed by atoms with E-state index in [9.17, 15) is 9.18 Å². The van der Waals surface area contributed by atoms with Gasteiger partial charge in [0, 0.05) is 36.5 Å². The van der Waals surface area contributed by atoms with Crippen LogP contribution in [0.3, 0.4) is 0 Å². The number of H-pyrrole nitrogens is 1. The molecule has 4 rings (SSSR count). The molecule has 23 heavy (non-hydrogen) atoms. The van der Waals surface area contributed by atoms with Gasteiger partial charge in [-0.05, 0) is 25.5 Å². The van der Waals surface area contributed by atoms with E-state index in [4.69, 9.17) is 11.6 Å². The van der Waals surface area contributed by atoms with Crippen molar-refractivity contribution in [2.24, 2.45) is 0 Å². The Labute approximate surface area is 136 Å². The number of hydrogen-bond donors (Lipinski definition) is 2. The second-order valence-corrected chi connectivity index (χ2v) is 6.20. The Morgan fingerprint density at radius 2 is 2.26 bits per heavy atom. The van der Waals surface area contributed by atoms with E-state index in [1.807, 2.05) is 0 Å². The van der Waals surface area contributed by atoms with Crippen LogP contribution in [0.5, 0.6) is 0 Å². The average Bonchev–Trinajstić information content (AvgIpc) is 3.13. The van der Waals surface area contributed by atoms with Gasteiger partial charge in [-0.15, -0.1) is 0 Å². The number of aromatic nitrogens is 3. The van der Waals surface area contributed by atoms with Crippen LogP contribution in [0.4, 0.5) is 10.2 Å². The number of nitrogens with one attached hydrogen (secondary N) is 2. The van der Waals surface area contributed by atoms with Crippen LogP contribution < -0.4 is 15.8 Å². The largest absolute Gasteiger partial charge is 0.350 e. The second-order valence-electron chi connectivity index (χ2n) is 5.82. The Hall–Kier alpha value is -1.99. The number of nitrogens with zero attached hydrogens (tertiary/aromatic N) is 3. The Morgan fingerprint density at radius 3 is 3.09 bits per heavy atom. The van der Waals surface area contributed by atoms with Crippen molar-refractivity contribution in [2.45, 2.75) is 24.9 Å². The first kappa shape index (κ1) is 14.6. The van der Waals surface area contributed by atoms with Crippen LogP contribution >= 0.6 is 11.6 Å². The van der Waals surface area contributed by atoms with Gasteiger partial charge in [-0.3, -0.25) is 4.79 Å². The fourth-order valence-electron chi connectivity index (χ4n) is 3.45. The molecular weight excluding hydrogens is 321 g/mol. The van der Waals surface area contributed by atoms with Crippen LogP contribution in [-0.4, -0.2) is 40.1 Å². The smallest absolute Gasteiger partial charge is 0.272 e. The predicted octanol–water partition coefficient (Wildman–Crippen LogP) is 1.56. The summed E-state index contributed by atoms with van der Waals surface area (Å²) in [4.78, 5) is 24.9. The van der Waals surface area contributed by atoms with E-state index >= 15 is 0 Å². The summed E-state index contributed by atoms with van der Waals surface area (Å²) in [6.45, 7) is 1.75. The van der Waals surface area contributed by atoms with Crippen molar-refractivity contribution >= 4 is 17.4 Å². The van der Waals surface area contributed by atoms with Gasteiger partial charge in [0.2, 0.25) is 5.95 Å². The fraction of sp³-hybridized carbons (Fsp3) is 0.400. The van der Waals surface area contributed by atoms with Crippen LogP contribution in [0, 0.1) is 5.95 Å². The van der Waals surface area contributed by atoms with E-state index in [1.54, 1.807) is 6.07 Å². The third-order valence-corrected chi connectivity index (χ3v) is 4.85. The Bertz CT molecular complexity index is 811. The summed E-state index contributed by atoms with van der Waals surface area (Å²) in [6, 6.07) is 3.54. The molecule has 0 aliphatic carbocycles. The summed E-state index contributed by atoms with van der Waals surface area (Å²) < 4.78 is 13.3. The predicted molar refractivity (Wildman–Crippen MR) is 85.2 cm³/mol. The molecule has 2 N–H and O–H groups in total.